The van der Waals surface area contributed by atoms with Gasteiger partial charge in [-0.1, -0.05) is 6.92 Å². The molecule has 0 saturated carbocycles. The minimum Gasteiger partial charge on any atom is -0.497 e. The van der Waals surface area contributed by atoms with Crippen molar-refractivity contribution in [3.63, 3.8) is 0 Å². The molecule has 0 heterocycles. The van der Waals surface area contributed by atoms with Gasteiger partial charge < -0.3 is 14.6 Å². The molecule has 0 spiro atoms. The summed E-state index contributed by atoms with van der Waals surface area (Å²) in [7, 11) is 3.20. The fraction of sp³-hybridized carbons (Fsp3) is 0.500. The highest BCUT2D eigenvalue weighted by atomic mass is 16.5. The van der Waals surface area contributed by atoms with Crippen molar-refractivity contribution in [3.05, 3.63) is 23.8 Å². The van der Waals surface area contributed by atoms with Crippen LogP contribution in [0, 0.1) is 0 Å². The molecule has 0 aromatic heterocycles. The molecular weight excluding hydrogens is 192 g/mol. The Balaban J connectivity index is 3.23. The summed E-state index contributed by atoms with van der Waals surface area (Å²) in [5.74, 6) is 1.40. The Morgan fingerprint density at radius 1 is 1.27 bits per heavy atom. The van der Waals surface area contributed by atoms with Crippen molar-refractivity contribution in [2.75, 3.05) is 14.2 Å². The van der Waals surface area contributed by atoms with E-state index < -0.39 is 5.60 Å². The quantitative estimate of drug-likeness (QED) is 0.828. The third-order valence-corrected chi connectivity index (χ3v) is 2.68. The molecule has 1 N–H and O–H groups in total. The zero-order chi connectivity index (χ0) is 11.5. The third kappa shape index (κ3) is 2.42. The smallest absolute Gasteiger partial charge is 0.125 e. The van der Waals surface area contributed by atoms with Crippen molar-refractivity contribution in [2.24, 2.45) is 0 Å². The molecule has 0 aliphatic heterocycles. The summed E-state index contributed by atoms with van der Waals surface area (Å²) < 4.78 is 10.3. The Morgan fingerprint density at radius 2 is 1.93 bits per heavy atom. The maximum Gasteiger partial charge on any atom is 0.125 e. The van der Waals surface area contributed by atoms with Crippen LogP contribution in [-0.2, 0) is 5.60 Å². The van der Waals surface area contributed by atoms with E-state index in [2.05, 4.69) is 0 Å². The first-order valence-corrected chi connectivity index (χ1v) is 5.00. The van der Waals surface area contributed by atoms with Gasteiger partial charge in [0.15, 0.2) is 0 Å². The SMILES string of the molecule is CC[C@](C)(O)c1cc(OC)ccc1OC. The third-order valence-electron chi connectivity index (χ3n) is 2.68. The highest BCUT2D eigenvalue weighted by Gasteiger charge is 2.25. The first kappa shape index (κ1) is 11.9. The van der Waals surface area contributed by atoms with Crippen LogP contribution in [0.5, 0.6) is 11.5 Å². The molecule has 0 amide bonds. The van der Waals surface area contributed by atoms with E-state index >= 15 is 0 Å². The molecule has 0 aliphatic carbocycles. The molecular formula is C12H18O3. The second-order valence-electron chi connectivity index (χ2n) is 3.69. The van der Waals surface area contributed by atoms with Crippen LogP contribution in [0.1, 0.15) is 25.8 Å². The van der Waals surface area contributed by atoms with Crippen LogP contribution in [0.2, 0.25) is 0 Å². The average molecular weight is 210 g/mol. The van der Waals surface area contributed by atoms with Gasteiger partial charge in [-0.2, -0.15) is 0 Å². The van der Waals surface area contributed by atoms with Gasteiger partial charge in [-0.3, -0.25) is 0 Å². The van der Waals surface area contributed by atoms with Crippen molar-refractivity contribution >= 4 is 0 Å². The number of ether oxygens (including phenoxy) is 2. The molecule has 3 nitrogen and oxygen atoms in total. The van der Waals surface area contributed by atoms with Gasteiger partial charge >= 0.3 is 0 Å². The van der Waals surface area contributed by atoms with Crippen molar-refractivity contribution in [1.29, 1.82) is 0 Å². The minimum absolute atomic E-state index is 0.622. The second-order valence-corrected chi connectivity index (χ2v) is 3.69. The number of benzene rings is 1. The normalized spacial score (nSPS) is 14.5. The van der Waals surface area contributed by atoms with Gasteiger partial charge in [0, 0.05) is 5.56 Å². The van der Waals surface area contributed by atoms with Crippen LogP contribution in [0.25, 0.3) is 0 Å². The number of methoxy groups -OCH3 is 2. The summed E-state index contributed by atoms with van der Waals surface area (Å²) in [5, 5.41) is 10.2. The Hall–Kier alpha value is -1.22. The largest absolute Gasteiger partial charge is 0.497 e. The molecule has 0 fully saturated rings. The van der Waals surface area contributed by atoms with Crippen molar-refractivity contribution in [3.8, 4) is 11.5 Å². The fourth-order valence-corrected chi connectivity index (χ4v) is 1.43. The van der Waals surface area contributed by atoms with E-state index in [4.69, 9.17) is 9.47 Å². The lowest BCUT2D eigenvalue weighted by Crippen LogP contribution is -2.20. The van der Waals surface area contributed by atoms with Gasteiger partial charge in [0.1, 0.15) is 11.5 Å². The maximum absolute atomic E-state index is 10.2. The molecule has 84 valence electrons. The Morgan fingerprint density at radius 3 is 2.40 bits per heavy atom. The molecule has 3 heteroatoms. The molecule has 1 aromatic rings. The van der Waals surface area contributed by atoms with Gasteiger partial charge in [-0.15, -0.1) is 0 Å². The zero-order valence-corrected chi connectivity index (χ0v) is 9.70. The van der Waals surface area contributed by atoms with Gasteiger partial charge in [-0.25, -0.2) is 0 Å². The molecule has 0 aliphatic rings. The van der Waals surface area contributed by atoms with E-state index in [0.717, 1.165) is 11.3 Å². The van der Waals surface area contributed by atoms with Crippen LogP contribution < -0.4 is 9.47 Å². The number of hydrogen-bond acceptors (Lipinski definition) is 3. The molecule has 0 radical (unpaired) electrons. The van der Waals surface area contributed by atoms with Crippen LogP contribution in [0.3, 0.4) is 0 Å². The van der Waals surface area contributed by atoms with E-state index in [0.29, 0.717) is 12.2 Å². The maximum atomic E-state index is 10.2. The predicted octanol–water partition coefficient (Wildman–Crippen LogP) is 2.32. The van der Waals surface area contributed by atoms with Crippen LogP contribution in [0.4, 0.5) is 0 Å². The van der Waals surface area contributed by atoms with E-state index in [1.54, 1.807) is 27.2 Å². The highest BCUT2D eigenvalue weighted by molar-refractivity contribution is 5.43. The van der Waals surface area contributed by atoms with Gasteiger partial charge in [0.05, 0.1) is 19.8 Å². The van der Waals surface area contributed by atoms with Gasteiger partial charge in [-0.05, 0) is 31.5 Å². The summed E-state index contributed by atoms with van der Waals surface area (Å²) in [6.07, 6.45) is 0.622. The number of aliphatic hydroxyl groups is 1. The Kier molecular flexibility index (Phi) is 3.58. The first-order chi connectivity index (χ1) is 7.05. The van der Waals surface area contributed by atoms with Crippen molar-refractivity contribution < 1.29 is 14.6 Å². The number of rotatable bonds is 4. The van der Waals surface area contributed by atoms with E-state index in [1.807, 2.05) is 19.1 Å². The van der Waals surface area contributed by atoms with Crippen LogP contribution in [0.15, 0.2) is 18.2 Å². The molecule has 1 rings (SSSR count). The van der Waals surface area contributed by atoms with E-state index in [9.17, 15) is 5.11 Å². The lowest BCUT2D eigenvalue weighted by molar-refractivity contribution is 0.0502. The van der Waals surface area contributed by atoms with Crippen LogP contribution in [-0.4, -0.2) is 19.3 Å². The zero-order valence-electron chi connectivity index (χ0n) is 9.70. The lowest BCUT2D eigenvalue weighted by Gasteiger charge is -2.24. The topological polar surface area (TPSA) is 38.7 Å². The van der Waals surface area contributed by atoms with Gasteiger partial charge in [0.25, 0.3) is 0 Å². The summed E-state index contributed by atoms with van der Waals surface area (Å²) >= 11 is 0. The summed E-state index contributed by atoms with van der Waals surface area (Å²) in [6, 6.07) is 5.43. The Labute approximate surface area is 90.6 Å². The standard InChI is InChI=1S/C12H18O3/c1-5-12(2,13)10-8-9(14-3)6-7-11(10)15-4/h6-8,13H,5H2,1-4H3/t12-/m0/s1. The molecule has 0 bridgehead atoms. The predicted molar refractivity (Wildman–Crippen MR) is 59.4 cm³/mol. The molecule has 0 unspecified atom stereocenters. The molecule has 1 aromatic carbocycles. The molecule has 15 heavy (non-hydrogen) atoms. The van der Waals surface area contributed by atoms with Crippen molar-refractivity contribution in [2.45, 2.75) is 25.9 Å². The van der Waals surface area contributed by atoms with E-state index in [1.165, 1.54) is 0 Å². The highest BCUT2D eigenvalue weighted by Crippen LogP contribution is 2.34. The molecule has 0 saturated heterocycles. The lowest BCUT2D eigenvalue weighted by atomic mass is 9.92. The first-order valence-electron chi connectivity index (χ1n) is 5.00. The van der Waals surface area contributed by atoms with Gasteiger partial charge in [0.2, 0.25) is 0 Å². The van der Waals surface area contributed by atoms with Crippen molar-refractivity contribution in [1.82, 2.24) is 0 Å². The number of hydrogen-bond donors (Lipinski definition) is 1. The summed E-state index contributed by atoms with van der Waals surface area (Å²) in [4.78, 5) is 0. The monoisotopic (exact) mass is 210 g/mol. The minimum atomic E-state index is -0.889. The van der Waals surface area contributed by atoms with E-state index in [-0.39, 0.29) is 0 Å². The average Bonchev–Trinajstić information content (AvgIpc) is 2.28. The second kappa shape index (κ2) is 4.53. The fourth-order valence-electron chi connectivity index (χ4n) is 1.43. The summed E-state index contributed by atoms with van der Waals surface area (Å²) in [6.45, 7) is 3.70. The summed E-state index contributed by atoms with van der Waals surface area (Å²) in [5.41, 5.74) is -0.133. The van der Waals surface area contributed by atoms with Crippen LogP contribution >= 0.6 is 0 Å². The molecule has 1 atom stereocenters. The Bertz CT molecular complexity index is 332.